The van der Waals surface area contributed by atoms with E-state index in [1.807, 2.05) is 0 Å². The molecule has 0 aromatic rings. The van der Waals surface area contributed by atoms with Crippen LogP contribution in [0.4, 0.5) is 0 Å². The van der Waals surface area contributed by atoms with Gasteiger partial charge in [0.25, 0.3) is 0 Å². The zero-order valence-electron chi connectivity index (χ0n) is 31.4. The Labute approximate surface area is 307 Å². The lowest BCUT2D eigenvalue weighted by Gasteiger charge is -2.20. The molecule has 0 aromatic carbocycles. The van der Waals surface area contributed by atoms with Crippen LogP contribution in [0.2, 0.25) is 0 Å². The Bertz CT molecular complexity index is 1060. The van der Waals surface area contributed by atoms with Crippen molar-refractivity contribution in [2.24, 2.45) is 5.73 Å². The first-order chi connectivity index (χ1) is 24.6. The summed E-state index contributed by atoms with van der Waals surface area (Å²) in [7, 11) is -4.72. The monoisotopic (exact) mass is 741 g/mol. The summed E-state index contributed by atoms with van der Waals surface area (Å²) in [6.07, 6.45) is 36.1. The number of aliphatic carboxylic acids is 1. The number of nitrogens with two attached hydrogens (primary N) is 1. The predicted molar refractivity (Wildman–Crippen MR) is 203 cm³/mol. The largest absolute Gasteiger partial charge is 0.480 e. The molecule has 51 heavy (non-hydrogen) atoms. The van der Waals surface area contributed by atoms with Crippen molar-refractivity contribution in [3.63, 3.8) is 0 Å². The molecule has 0 rings (SSSR count). The molecule has 0 saturated heterocycles. The fraction of sp³-hybridized carbons (Fsp3) is 0.718. The predicted octanol–water partition coefficient (Wildman–Crippen LogP) is 9.44. The summed E-state index contributed by atoms with van der Waals surface area (Å²) < 4.78 is 32.5. The molecule has 294 valence electrons. The van der Waals surface area contributed by atoms with Crippen LogP contribution in [0.1, 0.15) is 149 Å². The number of hydrogen-bond donors (Lipinski definition) is 3. The van der Waals surface area contributed by atoms with Gasteiger partial charge in [0.05, 0.1) is 13.2 Å². The van der Waals surface area contributed by atoms with Crippen molar-refractivity contribution in [3.05, 3.63) is 48.6 Å². The van der Waals surface area contributed by atoms with E-state index in [4.69, 9.17) is 24.8 Å². The Morgan fingerprint density at radius 3 is 1.65 bits per heavy atom. The van der Waals surface area contributed by atoms with Gasteiger partial charge in [-0.1, -0.05) is 133 Å². The molecule has 4 N–H and O–H groups in total. The number of rotatable bonds is 35. The minimum Gasteiger partial charge on any atom is -0.480 e. The Hall–Kier alpha value is -2.56. The average Bonchev–Trinajstić information content (AvgIpc) is 3.10. The first-order valence-corrected chi connectivity index (χ1v) is 20.7. The molecule has 0 aliphatic heterocycles. The van der Waals surface area contributed by atoms with Crippen molar-refractivity contribution in [2.45, 2.75) is 161 Å². The molecule has 0 saturated carbocycles. The van der Waals surface area contributed by atoms with Crippen molar-refractivity contribution < 1.29 is 47.5 Å². The Morgan fingerprint density at radius 1 is 0.627 bits per heavy atom. The molecule has 0 bridgehead atoms. The van der Waals surface area contributed by atoms with E-state index in [0.29, 0.717) is 12.8 Å². The number of carboxylic acid groups (broad SMARTS) is 1. The van der Waals surface area contributed by atoms with E-state index in [2.05, 4.69) is 67.0 Å². The van der Waals surface area contributed by atoms with Crippen LogP contribution in [0.25, 0.3) is 0 Å². The van der Waals surface area contributed by atoms with Crippen molar-refractivity contribution in [1.82, 2.24) is 0 Å². The van der Waals surface area contributed by atoms with Crippen molar-refractivity contribution >= 4 is 25.7 Å². The minimum absolute atomic E-state index is 0.133. The van der Waals surface area contributed by atoms with Crippen LogP contribution in [0, 0.1) is 0 Å². The molecule has 0 heterocycles. The highest BCUT2D eigenvalue weighted by Gasteiger charge is 2.28. The molecule has 0 amide bonds. The van der Waals surface area contributed by atoms with Gasteiger partial charge in [0.15, 0.2) is 6.10 Å². The average molecular weight is 742 g/mol. The van der Waals surface area contributed by atoms with Gasteiger partial charge < -0.3 is 25.2 Å². The van der Waals surface area contributed by atoms with Gasteiger partial charge in [0.1, 0.15) is 12.6 Å². The van der Waals surface area contributed by atoms with Gasteiger partial charge in [0.2, 0.25) is 0 Å². The van der Waals surface area contributed by atoms with Gasteiger partial charge in [-0.2, -0.15) is 0 Å². The maximum atomic E-state index is 12.6. The second kappa shape index (κ2) is 34.5. The van der Waals surface area contributed by atoms with Crippen molar-refractivity contribution in [2.75, 3.05) is 19.8 Å². The lowest BCUT2D eigenvalue weighted by atomic mass is 10.1. The lowest BCUT2D eigenvalue weighted by Crippen LogP contribution is -2.34. The van der Waals surface area contributed by atoms with Crippen LogP contribution in [0.5, 0.6) is 0 Å². The SMILES string of the molecule is CC/C=C\C/C=C\C/C=C\C/C=C\CCCCCCC(=O)OC(COC(=O)CCCCCCCCCCCC)COP(=O)(O)OCC(N)C(=O)O. The second-order valence-electron chi connectivity index (χ2n) is 12.7. The lowest BCUT2D eigenvalue weighted by molar-refractivity contribution is -0.161. The zero-order valence-corrected chi connectivity index (χ0v) is 32.3. The van der Waals surface area contributed by atoms with Crippen LogP contribution in [0.15, 0.2) is 48.6 Å². The van der Waals surface area contributed by atoms with E-state index >= 15 is 0 Å². The highest BCUT2D eigenvalue weighted by molar-refractivity contribution is 7.47. The maximum Gasteiger partial charge on any atom is 0.472 e. The Kier molecular flexibility index (Phi) is 32.8. The summed E-state index contributed by atoms with van der Waals surface area (Å²) in [5, 5.41) is 8.85. The molecule has 3 unspecified atom stereocenters. The molecule has 0 aliphatic rings. The number of esters is 2. The standard InChI is InChI=1S/C39H68NO10P/c1-3-5-7-9-11-13-15-16-17-18-19-20-21-23-25-27-29-31-38(42)50-35(33-48-51(45,46)49-34-36(40)39(43)44)32-47-37(41)30-28-26-24-22-14-12-10-8-6-4-2/h5,7,11,13,16-17,19-20,35-36H,3-4,6,8-10,12,14-15,18,21-34,40H2,1-2H3,(H,43,44)(H,45,46)/b7-5-,13-11-,17-16-,20-19-. The van der Waals surface area contributed by atoms with Crippen LogP contribution in [0.3, 0.4) is 0 Å². The maximum absolute atomic E-state index is 12.6. The van der Waals surface area contributed by atoms with Crippen LogP contribution < -0.4 is 5.73 Å². The number of unbranched alkanes of at least 4 members (excludes halogenated alkanes) is 13. The number of ether oxygens (including phenoxy) is 2. The molecule has 0 spiro atoms. The normalized spacial score (nSPS) is 14.4. The van der Waals surface area contributed by atoms with Gasteiger partial charge in [-0.3, -0.25) is 23.4 Å². The number of allylic oxidation sites excluding steroid dienone is 8. The first-order valence-electron chi connectivity index (χ1n) is 19.2. The number of phosphoric ester groups is 1. The molecule has 0 aromatic heterocycles. The molecule has 12 heteroatoms. The van der Waals surface area contributed by atoms with E-state index in [9.17, 15) is 23.8 Å². The molecule has 0 aliphatic carbocycles. The molecule has 11 nitrogen and oxygen atoms in total. The van der Waals surface area contributed by atoms with Gasteiger partial charge in [-0.05, 0) is 51.4 Å². The minimum atomic E-state index is -4.72. The number of phosphoric acid groups is 1. The van der Waals surface area contributed by atoms with E-state index in [0.717, 1.165) is 70.6 Å². The molecule has 0 radical (unpaired) electrons. The van der Waals surface area contributed by atoms with Gasteiger partial charge in [0, 0.05) is 12.8 Å². The quantitative estimate of drug-likeness (QED) is 0.0244. The third-order valence-corrected chi connectivity index (χ3v) is 8.79. The highest BCUT2D eigenvalue weighted by atomic mass is 31.2. The van der Waals surface area contributed by atoms with Crippen LogP contribution in [-0.2, 0) is 37.5 Å². The topological polar surface area (TPSA) is 172 Å². The molecular formula is C39H68NO10P. The van der Waals surface area contributed by atoms with Crippen LogP contribution >= 0.6 is 7.82 Å². The van der Waals surface area contributed by atoms with Crippen molar-refractivity contribution in [1.29, 1.82) is 0 Å². The third kappa shape index (κ3) is 34.3. The Morgan fingerprint density at radius 2 is 1.10 bits per heavy atom. The van der Waals surface area contributed by atoms with E-state index in [1.165, 1.54) is 38.5 Å². The summed E-state index contributed by atoms with van der Waals surface area (Å²) in [6.45, 7) is 2.62. The molecule has 3 atom stereocenters. The number of carbonyl (C=O) groups excluding carboxylic acids is 2. The van der Waals surface area contributed by atoms with Gasteiger partial charge in [-0.25, -0.2) is 4.57 Å². The smallest absolute Gasteiger partial charge is 0.472 e. The summed E-state index contributed by atoms with van der Waals surface area (Å²) in [5.74, 6) is -2.42. The third-order valence-electron chi connectivity index (χ3n) is 7.84. The first kappa shape index (κ1) is 48.4. The Balaban J connectivity index is 4.48. The number of hydrogen-bond acceptors (Lipinski definition) is 9. The van der Waals surface area contributed by atoms with E-state index in [1.54, 1.807) is 0 Å². The highest BCUT2D eigenvalue weighted by Crippen LogP contribution is 2.43. The summed E-state index contributed by atoms with van der Waals surface area (Å²) in [4.78, 5) is 45.7. The summed E-state index contributed by atoms with van der Waals surface area (Å²) in [6, 6.07) is -1.52. The van der Waals surface area contributed by atoms with E-state index < -0.39 is 51.1 Å². The fourth-order valence-corrected chi connectivity index (χ4v) is 5.60. The van der Waals surface area contributed by atoms with Gasteiger partial charge in [-0.15, -0.1) is 0 Å². The molecule has 0 fully saturated rings. The number of carbonyl (C=O) groups is 3. The molecular weight excluding hydrogens is 673 g/mol. The van der Waals surface area contributed by atoms with Crippen LogP contribution in [-0.4, -0.2) is 59.9 Å². The van der Waals surface area contributed by atoms with Gasteiger partial charge >= 0.3 is 25.7 Å². The summed E-state index contributed by atoms with van der Waals surface area (Å²) in [5.41, 5.74) is 5.31. The summed E-state index contributed by atoms with van der Waals surface area (Å²) >= 11 is 0. The fourth-order valence-electron chi connectivity index (χ4n) is 4.82. The van der Waals surface area contributed by atoms with Crippen molar-refractivity contribution in [3.8, 4) is 0 Å². The second-order valence-corrected chi connectivity index (χ2v) is 14.1. The van der Waals surface area contributed by atoms with E-state index in [-0.39, 0.29) is 19.4 Å². The zero-order chi connectivity index (χ0) is 37.8. The number of carboxylic acids is 1.